The first-order valence-corrected chi connectivity index (χ1v) is 28.5. The summed E-state index contributed by atoms with van der Waals surface area (Å²) in [4.78, 5) is 126. The van der Waals surface area contributed by atoms with Gasteiger partial charge < -0.3 is 66.8 Å². The fourth-order valence-corrected chi connectivity index (χ4v) is 10.3. The highest BCUT2D eigenvalue weighted by Crippen LogP contribution is 2.30. The fraction of sp³-hybridized carbons (Fsp3) is 0.644. The van der Waals surface area contributed by atoms with Crippen molar-refractivity contribution in [2.45, 2.75) is 168 Å². The summed E-state index contributed by atoms with van der Waals surface area (Å²) in [5.74, 6) is -5.22. The molecule has 2 aromatic carbocycles. The number of nitrogens with two attached hydrogens (primary N) is 2. The molecular weight excluding hydrogens is 1060 g/mol. The van der Waals surface area contributed by atoms with Gasteiger partial charge in [-0.25, -0.2) is 14.4 Å². The van der Waals surface area contributed by atoms with E-state index in [9.17, 15) is 43.2 Å². The van der Waals surface area contributed by atoms with Crippen molar-refractivity contribution in [2.24, 2.45) is 41.1 Å². The highest BCUT2D eigenvalue weighted by atomic mass is 16.6. The van der Waals surface area contributed by atoms with Crippen molar-refractivity contribution in [2.75, 3.05) is 53.8 Å². The Kier molecular flexibility index (Phi) is 28.7. The van der Waals surface area contributed by atoms with Crippen LogP contribution in [0.4, 0.5) is 15.3 Å². The van der Waals surface area contributed by atoms with E-state index in [4.69, 9.17) is 30.4 Å². The van der Waals surface area contributed by atoms with E-state index in [1.54, 1.807) is 89.6 Å². The molecule has 1 aliphatic heterocycles. The maximum absolute atomic E-state index is 14.7. The zero-order valence-electron chi connectivity index (χ0n) is 50.7. The molecule has 0 spiro atoms. The van der Waals surface area contributed by atoms with Gasteiger partial charge in [0.25, 0.3) is 0 Å². The van der Waals surface area contributed by atoms with Crippen LogP contribution in [0.1, 0.15) is 112 Å². The molecule has 2 aromatic rings. The molecular formula is C59H94N10O13. The van der Waals surface area contributed by atoms with E-state index in [1.807, 2.05) is 44.2 Å². The van der Waals surface area contributed by atoms with E-state index in [0.29, 0.717) is 43.5 Å². The molecule has 0 radical (unpaired) electrons. The molecule has 23 nitrogen and oxygen atoms in total. The van der Waals surface area contributed by atoms with Crippen LogP contribution in [-0.4, -0.2) is 171 Å². The second-order valence-corrected chi connectivity index (χ2v) is 22.4. The molecule has 1 aliphatic rings. The number of carbonyl (C=O) groups excluding carboxylic acids is 9. The monoisotopic (exact) mass is 1150 g/mol. The number of esters is 1. The number of nitrogens with zero attached hydrogens (tertiary/aromatic N) is 3. The standard InChI is InChI=1S/C59H94N10O13/c1-15-37(8)50(45(79-12)32-46(70)69-30-20-24-44(69)51(80-13)38(9)52(71)65-43(57(76)81-14)31-39-21-17-16-18-22-39)67(10)56(75)48(35(4)5)66-55(74)49(36(6)7)68(11)59(78)82-33-40-25-27-41(28-26-40)63-53(72)42(23-19-29-62-58(61)77)64-54(73)47(60)34(2)3/h16-18,21-22,25-28,34-38,42-45,47-51H,15,19-20,23-24,29-33,60H2,1-14H3,(H,63,72)(H,64,73)(H,65,71)(H,66,74)(H3,61,62,77)/t37?,38-,42?,43?,44+,45?,47+,48+,49+,50+,51?/m1/s1. The number of hydrogen-bond acceptors (Lipinski definition) is 14. The number of nitrogens with one attached hydrogen (secondary N) is 5. The summed E-state index contributed by atoms with van der Waals surface area (Å²) in [6, 6.07) is 9.09. The second kappa shape index (κ2) is 33.9. The lowest BCUT2D eigenvalue weighted by Gasteiger charge is -2.41. The Hall–Kier alpha value is -6.85. The average molecular weight is 1150 g/mol. The number of benzene rings is 2. The lowest BCUT2D eigenvalue weighted by atomic mass is 9.89. The van der Waals surface area contributed by atoms with Gasteiger partial charge in [-0.1, -0.05) is 111 Å². The normalized spacial score (nSPS) is 17.0. The third kappa shape index (κ3) is 20.2. The first-order valence-electron chi connectivity index (χ1n) is 28.5. The second-order valence-electron chi connectivity index (χ2n) is 22.4. The summed E-state index contributed by atoms with van der Waals surface area (Å²) in [6.07, 6.45) is 0.192. The molecule has 5 unspecified atom stereocenters. The van der Waals surface area contributed by atoms with Crippen LogP contribution >= 0.6 is 0 Å². The molecule has 11 atom stereocenters. The Balaban J connectivity index is 1.72. The van der Waals surface area contributed by atoms with Crippen LogP contribution in [-0.2, 0) is 65.5 Å². The van der Waals surface area contributed by atoms with Crippen molar-refractivity contribution in [1.29, 1.82) is 0 Å². The Bertz CT molecular complexity index is 2410. The van der Waals surface area contributed by atoms with Gasteiger partial charge in [0.1, 0.15) is 30.8 Å². The van der Waals surface area contributed by atoms with Crippen LogP contribution in [0.3, 0.4) is 0 Å². The van der Waals surface area contributed by atoms with Crippen molar-refractivity contribution < 1.29 is 62.1 Å². The molecule has 0 aliphatic carbocycles. The largest absolute Gasteiger partial charge is 0.467 e. The number of likely N-dealkylation sites (tertiary alicyclic amines) is 1. The lowest BCUT2D eigenvalue weighted by Crippen LogP contribution is -2.60. The van der Waals surface area contributed by atoms with E-state index >= 15 is 0 Å². The predicted molar refractivity (Wildman–Crippen MR) is 310 cm³/mol. The minimum absolute atomic E-state index is 0.101. The van der Waals surface area contributed by atoms with Crippen molar-refractivity contribution in [3.63, 3.8) is 0 Å². The van der Waals surface area contributed by atoms with Crippen LogP contribution in [0.25, 0.3) is 0 Å². The smallest absolute Gasteiger partial charge is 0.410 e. The molecule has 0 aromatic heterocycles. The zero-order valence-corrected chi connectivity index (χ0v) is 50.7. The SMILES string of the molecule is CCC(C)[C@@H](C(CC(=O)N1CCC[C@H]1C(OC)[C@@H](C)C(=O)NC(Cc1ccccc1)C(=O)OC)OC)N(C)C(=O)[C@@H](NC(=O)[C@H](C(C)C)N(C)C(=O)OCc1ccc(NC(=O)C(CCCNC(N)=O)NC(=O)[C@@H](N)C(C)C)cc1)C(C)C. The van der Waals surface area contributed by atoms with E-state index in [0.717, 1.165) is 5.56 Å². The number of hydrogen-bond donors (Lipinski definition) is 7. The summed E-state index contributed by atoms with van der Waals surface area (Å²) in [6.45, 7) is 16.8. The van der Waals surface area contributed by atoms with Crippen LogP contribution in [0.15, 0.2) is 54.6 Å². The fourth-order valence-electron chi connectivity index (χ4n) is 10.3. The van der Waals surface area contributed by atoms with Crippen molar-refractivity contribution in [3.8, 4) is 0 Å². The summed E-state index contributed by atoms with van der Waals surface area (Å²) in [5.41, 5.74) is 13.0. The molecule has 1 fully saturated rings. The molecule has 0 saturated carbocycles. The molecule has 23 heteroatoms. The number of ether oxygens (including phenoxy) is 4. The van der Waals surface area contributed by atoms with Crippen molar-refractivity contribution in [3.05, 3.63) is 65.7 Å². The molecule has 3 rings (SSSR count). The Labute approximate surface area is 484 Å². The molecule has 0 bridgehead atoms. The number of urea groups is 1. The number of rotatable bonds is 32. The molecule has 9 N–H and O–H groups in total. The van der Waals surface area contributed by atoms with Gasteiger partial charge in [-0.15, -0.1) is 0 Å². The average Bonchev–Trinajstić information content (AvgIpc) is 3.98. The van der Waals surface area contributed by atoms with Crippen LogP contribution in [0.2, 0.25) is 0 Å². The van der Waals surface area contributed by atoms with Gasteiger partial charge in [-0.2, -0.15) is 0 Å². The zero-order chi connectivity index (χ0) is 61.5. The number of anilines is 1. The van der Waals surface area contributed by atoms with Gasteiger partial charge in [0, 0.05) is 53.5 Å². The van der Waals surface area contributed by atoms with E-state index in [1.165, 1.54) is 33.3 Å². The van der Waals surface area contributed by atoms with Crippen molar-refractivity contribution in [1.82, 2.24) is 36.0 Å². The third-order valence-corrected chi connectivity index (χ3v) is 15.4. The van der Waals surface area contributed by atoms with E-state index in [-0.39, 0.29) is 50.2 Å². The Morgan fingerprint density at radius 2 is 1.37 bits per heavy atom. The summed E-state index contributed by atoms with van der Waals surface area (Å²) < 4.78 is 22.7. The number of likely N-dealkylation sites (N-methyl/N-ethyl adjacent to an activating group) is 2. The van der Waals surface area contributed by atoms with Gasteiger partial charge >= 0.3 is 18.1 Å². The Morgan fingerprint density at radius 3 is 1.91 bits per heavy atom. The molecule has 458 valence electrons. The minimum atomic E-state index is -1.06. The van der Waals surface area contributed by atoms with Gasteiger partial charge in [0.05, 0.1) is 49.8 Å². The van der Waals surface area contributed by atoms with Gasteiger partial charge in [-0.05, 0) is 72.6 Å². The molecule has 1 heterocycles. The highest BCUT2D eigenvalue weighted by Gasteiger charge is 2.44. The van der Waals surface area contributed by atoms with Crippen molar-refractivity contribution >= 4 is 59.2 Å². The topological polar surface area (TPSA) is 312 Å². The lowest BCUT2D eigenvalue weighted by molar-refractivity contribution is -0.149. The van der Waals surface area contributed by atoms with Gasteiger partial charge in [0.2, 0.25) is 35.4 Å². The minimum Gasteiger partial charge on any atom is -0.467 e. The number of methoxy groups -OCH3 is 3. The quantitative estimate of drug-likeness (QED) is 0.0401. The van der Waals surface area contributed by atoms with E-state index < -0.39 is 120 Å². The molecule has 9 amide bonds. The summed E-state index contributed by atoms with van der Waals surface area (Å²) in [7, 11) is 7.33. The van der Waals surface area contributed by atoms with Crippen LogP contribution in [0.5, 0.6) is 0 Å². The molecule has 82 heavy (non-hydrogen) atoms. The summed E-state index contributed by atoms with van der Waals surface area (Å²) in [5, 5.41) is 13.7. The van der Waals surface area contributed by atoms with E-state index in [2.05, 4.69) is 26.6 Å². The number of primary amides is 1. The predicted octanol–water partition coefficient (Wildman–Crippen LogP) is 4.10. The number of carbonyl (C=O) groups is 9. The van der Waals surface area contributed by atoms with Gasteiger partial charge in [-0.3, -0.25) is 33.7 Å². The van der Waals surface area contributed by atoms with Crippen LogP contribution < -0.4 is 38.1 Å². The number of amides is 9. The molecule has 1 saturated heterocycles. The first-order chi connectivity index (χ1) is 38.7. The maximum atomic E-state index is 14.7. The van der Waals surface area contributed by atoms with Gasteiger partial charge in [0.15, 0.2) is 0 Å². The highest BCUT2D eigenvalue weighted by molar-refractivity contribution is 5.98. The summed E-state index contributed by atoms with van der Waals surface area (Å²) >= 11 is 0. The Morgan fingerprint density at radius 1 is 0.732 bits per heavy atom. The third-order valence-electron chi connectivity index (χ3n) is 15.4. The maximum Gasteiger partial charge on any atom is 0.410 e. The first kappa shape index (κ1) is 69.4. The van der Waals surface area contributed by atoms with Crippen LogP contribution in [0, 0.1) is 29.6 Å².